The molecule has 88 valence electrons. The fraction of sp³-hybridized carbons (Fsp3) is 0.167. The number of benzene rings is 1. The molecule has 0 amide bonds. The van der Waals surface area contributed by atoms with Gasteiger partial charge in [-0.2, -0.15) is 0 Å². The van der Waals surface area contributed by atoms with E-state index in [4.69, 9.17) is 0 Å². The van der Waals surface area contributed by atoms with E-state index in [0.717, 1.165) is 21.9 Å². The number of rotatable bonds is 4. The lowest BCUT2D eigenvalue weighted by Gasteiger charge is -2.06. The van der Waals surface area contributed by atoms with Crippen LogP contribution in [0.3, 0.4) is 0 Å². The number of nitrogens with zero attached hydrogens (tertiary/aromatic N) is 2. The van der Waals surface area contributed by atoms with Gasteiger partial charge in [0.2, 0.25) is 0 Å². The standard InChI is InChI=1S/C12H12BrN3S/c1-17-12-6-11(15-8-16-12)14-7-9-2-4-10(13)5-3-9/h2-6,8H,7H2,1H3,(H,14,15,16). The molecule has 17 heavy (non-hydrogen) atoms. The third-order valence-electron chi connectivity index (χ3n) is 2.24. The molecule has 0 bridgehead atoms. The Bertz CT molecular complexity index is 487. The Morgan fingerprint density at radius 3 is 2.71 bits per heavy atom. The van der Waals surface area contributed by atoms with Gasteiger partial charge in [0.1, 0.15) is 17.2 Å². The summed E-state index contributed by atoms with van der Waals surface area (Å²) in [5.41, 5.74) is 1.22. The fourth-order valence-corrected chi connectivity index (χ4v) is 1.99. The third-order valence-corrected chi connectivity index (χ3v) is 3.41. The average Bonchev–Trinajstić information content (AvgIpc) is 2.38. The van der Waals surface area contributed by atoms with Crippen molar-refractivity contribution in [3.05, 3.63) is 46.7 Å². The first-order valence-electron chi connectivity index (χ1n) is 5.12. The molecule has 0 fully saturated rings. The van der Waals surface area contributed by atoms with Gasteiger partial charge in [0.25, 0.3) is 0 Å². The monoisotopic (exact) mass is 309 g/mol. The lowest BCUT2D eigenvalue weighted by Crippen LogP contribution is -2.01. The number of hydrogen-bond acceptors (Lipinski definition) is 4. The van der Waals surface area contributed by atoms with Crippen molar-refractivity contribution in [1.29, 1.82) is 0 Å². The van der Waals surface area contributed by atoms with Crippen molar-refractivity contribution in [2.24, 2.45) is 0 Å². The molecule has 2 aromatic rings. The number of thioether (sulfide) groups is 1. The first kappa shape index (κ1) is 12.4. The largest absolute Gasteiger partial charge is 0.366 e. The second-order valence-corrected chi connectivity index (χ2v) is 5.17. The predicted octanol–water partition coefficient (Wildman–Crippen LogP) is 3.57. The molecule has 1 aromatic carbocycles. The number of halogens is 1. The quantitative estimate of drug-likeness (QED) is 0.692. The molecule has 2 rings (SSSR count). The molecule has 1 N–H and O–H groups in total. The van der Waals surface area contributed by atoms with Crippen LogP contribution in [0.4, 0.5) is 5.82 Å². The summed E-state index contributed by atoms with van der Waals surface area (Å²) in [6.45, 7) is 0.762. The summed E-state index contributed by atoms with van der Waals surface area (Å²) in [4.78, 5) is 8.31. The van der Waals surface area contributed by atoms with Crippen molar-refractivity contribution in [1.82, 2.24) is 9.97 Å². The Morgan fingerprint density at radius 2 is 2.00 bits per heavy atom. The van der Waals surface area contributed by atoms with Gasteiger partial charge in [-0.15, -0.1) is 11.8 Å². The van der Waals surface area contributed by atoms with Crippen LogP contribution < -0.4 is 5.32 Å². The smallest absolute Gasteiger partial charge is 0.130 e. The van der Waals surface area contributed by atoms with Crippen LogP contribution in [0.5, 0.6) is 0 Å². The zero-order valence-corrected chi connectivity index (χ0v) is 11.8. The van der Waals surface area contributed by atoms with Gasteiger partial charge in [0.05, 0.1) is 0 Å². The van der Waals surface area contributed by atoms with Crippen LogP contribution in [-0.2, 0) is 6.54 Å². The minimum absolute atomic E-state index is 0.762. The molecule has 3 nitrogen and oxygen atoms in total. The molecule has 0 radical (unpaired) electrons. The summed E-state index contributed by atoms with van der Waals surface area (Å²) in [6, 6.07) is 10.2. The van der Waals surface area contributed by atoms with E-state index in [-0.39, 0.29) is 0 Å². The van der Waals surface area contributed by atoms with E-state index < -0.39 is 0 Å². The highest BCUT2D eigenvalue weighted by atomic mass is 79.9. The van der Waals surface area contributed by atoms with Gasteiger partial charge in [-0.05, 0) is 24.0 Å². The zero-order valence-electron chi connectivity index (χ0n) is 9.35. The number of anilines is 1. The summed E-state index contributed by atoms with van der Waals surface area (Å²) in [5, 5.41) is 4.25. The van der Waals surface area contributed by atoms with Crippen LogP contribution in [0.1, 0.15) is 5.56 Å². The maximum absolute atomic E-state index is 4.18. The van der Waals surface area contributed by atoms with Gasteiger partial charge in [-0.1, -0.05) is 28.1 Å². The minimum atomic E-state index is 0.762. The second kappa shape index (κ2) is 6.02. The topological polar surface area (TPSA) is 37.8 Å². The molecule has 0 unspecified atom stereocenters. The van der Waals surface area contributed by atoms with Crippen LogP contribution in [0.15, 0.2) is 46.2 Å². The number of nitrogens with one attached hydrogen (secondary N) is 1. The van der Waals surface area contributed by atoms with Crippen molar-refractivity contribution in [2.75, 3.05) is 11.6 Å². The number of aromatic nitrogens is 2. The zero-order chi connectivity index (χ0) is 12.1. The van der Waals surface area contributed by atoms with Gasteiger partial charge in [-0.25, -0.2) is 9.97 Å². The maximum atomic E-state index is 4.18. The van der Waals surface area contributed by atoms with E-state index >= 15 is 0 Å². The normalized spacial score (nSPS) is 10.2. The van der Waals surface area contributed by atoms with E-state index in [9.17, 15) is 0 Å². The van der Waals surface area contributed by atoms with Crippen molar-refractivity contribution in [3.63, 3.8) is 0 Å². The van der Waals surface area contributed by atoms with Gasteiger partial charge >= 0.3 is 0 Å². The fourth-order valence-electron chi connectivity index (χ4n) is 1.34. The molecule has 0 spiro atoms. The van der Waals surface area contributed by atoms with Crippen LogP contribution in [0.25, 0.3) is 0 Å². The van der Waals surface area contributed by atoms with E-state index in [2.05, 4.69) is 43.3 Å². The molecular weight excluding hydrogens is 298 g/mol. The first-order valence-corrected chi connectivity index (χ1v) is 7.14. The Hall–Kier alpha value is -1.07. The first-order chi connectivity index (χ1) is 8.28. The Morgan fingerprint density at radius 1 is 1.24 bits per heavy atom. The molecule has 0 saturated heterocycles. The molecule has 0 aliphatic heterocycles. The summed E-state index contributed by atoms with van der Waals surface area (Å²) < 4.78 is 1.09. The Kier molecular flexibility index (Phi) is 4.39. The summed E-state index contributed by atoms with van der Waals surface area (Å²) in [6.07, 6.45) is 3.58. The molecular formula is C12H12BrN3S. The van der Waals surface area contributed by atoms with Gasteiger partial charge in [-0.3, -0.25) is 0 Å². The highest BCUT2D eigenvalue weighted by molar-refractivity contribution is 9.10. The average molecular weight is 310 g/mol. The molecule has 5 heteroatoms. The van der Waals surface area contributed by atoms with Gasteiger partial charge < -0.3 is 5.32 Å². The minimum Gasteiger partial charge on any atom is -0.366 e. The lowest BCUT2D eigenvalue weighted by atomic mass is 10.2. The second-order valence-electron chi connectivity index (χ2n) is 3.43. The molecule has 1 heterocycles. The van der Waals surface area contributed by atoms with Gasteiger partial charge in [0.15, 0.2) is 0 Å². The predicted molar refractivity (Wildman–Crippen MR) is 75.3 cm³/mol. The van der Waals surface area contributed by atoms with Crippen LogP contribution in [0, 0.1) is 0 Å². The maximum Gasteiger partial charge on any atom is 0.130 e. The van der Waals surface area contributed by atoms with Crippen molar-refractivity contribution in [2.45, 2.75) is 11.6 Å². The van der Waals surface area contributed by atoms with Crippen LogP contribution in [0.2, 0.25) is 0 Å². The Balaban J connectivity index is 1.99. The van der Waals surface area contributed by atoms with Gasteiger partial charge in [0, 0.05) is 17.1 Å². The SMILES string of the molecule is CSc1cc(NCc2ccc(Br)cc2)ncn1. The van der Waals surface area contributed by atoms with E-state index in [1.54, 1.807) is 18.1 Å². The van der Waals surface area contributed by atoms with Crippen molar-refractivity contribution >= 4 is 33.5 Å². The third kappa shape index (κ3) is 3.71. The molecule has 0 atom stereocenters. The lowest BCUT2D eigenvalue weighted by molar-refractivity contribution is 1.02. The molecule has 0 saturated carbocycles. The van der Waals surface area contributed by atoms with E-state index in [1.165, 1.54) is 5.56 Å². The van der Waals surface area contributed by atoms with E-state index in [0.29, 0.717) is 0 Å². The summed E-state index contributed by atoms with van der Waals surface area (Å²) in [5.74, 6) is 0.854. The Labute approximate surface area is 113 Å². The molecule has 0 aliphatic rings. The molecule has 1 aromatic heterocycles. The summed E-state index contributed by atoms with van der Waals surface area (Å²) in [7, 11) is 0. The van der Waals surface area contributed by atoms with Crippen LogP contribution in [-0.4, -0.2) is 16.2 Å². The van der Waals surface area contributed by atoms with Crippen molar-refractivity contribution < 1.29 is 0 Å². The number of hydrogen-bond donors (Lipinski definition) is 1. The van der Waals surface area contributed by atoms with Crippen molar-refractivity contribution in [3.8, 4) is 0 Å². The van der Waals surface area contributed by atoms with E-state index in [1.807, 2.05) is 24.5 Å². The van der Waals surface area contributed by atoms with Crippen LogP contribution >= 0.6 is 27.7 Å². The molecule has 0 aliphatic carbocycles. The highest BCUT2D eigenvalue weighted by Gasteiger charge is 1.98. The highest BCUT2D eigenvalue weighted by Crippen LogP contribution is 2.15. The summed E-state index contributed by atoms with van der Waals surface area (Å²) >= 11 is 5.03.